The van der Waals surface area contributed by atoms with Gasteiger partial charge < -0.3 is 9.47 Å². The van der Waals surface area contributed by atoms with Crippen molar-refractivity contribution in [3.63, 3.8) is 0 Å². The van der Waals surface area contributed by atoms with Crippen molar-refractivity contribution >= 4 is 17.2 Å². The number of amides is 1. The molecule has 5 nitrogen and oxygen atoms in total. The van der Waals surface area contributed by atoms with Gasteiger partial charge >= 0.3 is 0 Å². The van der Waals surface area contributed by atoms with Crippen LogP contribution >= 0.6 is 11.3 Å². The molecule has 1 aliphatic heterocycles. The largest absolute Gasteiger partial charge is 0.339 e. The molecule has 2 aromatic rings. The van der Waals surface area contributed by atoms with Crippen LogP contribution in [-0.4, -0.2) is 51.9 Å². The number of nitrogens with zero attached hydrogens (tertiary/aromatic N) is 4. The first-order chi connectivity index (χ1) is 10.1. The van der Waals surface area contributed by atoms with Crippen molar-refractivity contribution in [1.82, 2.24) is 19.4 Å². The number of aromatic nitrogens is 2. The van der Waals surface area contributed by atoms with Gasteiger partial charge in [0.2, 0.25) is 5.91 Å². The van der Waals surface area contributed by atoms with Crippen LogP contribution in [0.3, 0.4) is 0 Å². The highest BCUT2D eigenvalue weighted by Gasteiger charge is 2.30. The summed E-state index contributed by atoms with van der Waals surface area (Å²) >= 11 is 1.64. The van der Waals surface area contributed by atoms with Gasteiger partial charge in [-0.1, -0.05) is 6.07 Å². The Kier molecular flexibility index (Phi) is 4.07. The Bertz CT molecular complexity index is 607. The zero-order chi connectivity index (χ0) is 14.8. The molecule has 3 rings (SSSR count). The minimum atomic E-state index is 0.172. The zero-order valence-corrected chi connectivity index (χ0v) is 13.2. The fourth-order valence-electron chi connectivity index (χ4n) is 2.75. The van der Waals surface area contributed by atoms with E-state index in [4.69, 9.17) is 0 Å². The van der Waals surface area contributed by atoms with Crippen LogP contribution in [0, 0.1) is 0 Å². The van der Waals surface area contributed by atoms with E-state index in [1.165, 1.54) is 0 Å². The summed E-state index contributed by atoms with van der Waals surface area (Å²) in [4.78, 5) is 22.3. The lowest BCUT2D eigenvalue weighted by atomic mass is 10.1. The Labute approximate surface area is 128 Å². The van der Waals surface area contributed by atoms with E-state index >= 15 is 0 Å². The van der Waals surface area contributed by atoms with Crippen LogP contribution in [0.15, 0.2) is 29.9 Å². The number of carbonyl (C=O) groups excluding carboxylic acids is 1. The lowest BCUT2D eigenvalue weighted by Gasteiger charge is -2.39. The normalized spacial score (nSPS) is 19.9. The lowest BCUT2D eigenvalue weighted by Crippen LogP contribution is -2.50. The third-order valence-electron chi connectivity index (χ3n) is 4.06. The van der Waals surface area contributed by atoms with Gasteiger partial charge in [-0.3, -0.25) is 9.69 Å². The highest BCUT2D eigenvalue weighted by atomic mass is 32.1. The van der Waals surface area contributed by atoms with E-state index in [1.54, 1.807) is 11.3 Å². The summed E-state index contributed by atoms with van der Waals surface area (Å²) in [5.41, 5.74) is 0. The molecule has 2 aromatic heterocycles. The van der Waals surface area contributed by atoms with Gasteiger partial charge in [0, 0.05) is 44.0 Å². The molecule has 6 heteroatoms. The van der Waals surface area contributed by atoms with E-state index in [1.807, 2.05) is 46.4 Å². The molecular weight excluding hydrogens is 284 g/mol. The van der Waals surface area contributed by atoms with Crippen molar-refractivity contribution < 1.29 is 4.79 Å². The first-order valence-electron chi connectivity index (χ1n) is 7.13. The second-order valence-corrected chi connectivity index (χ2v) is 6.52. The molecule has 3 heterocycles. The molecule has 1 fully saturated rings. The second-order valence-electron chi connectivity index (χ2n) is 5.49. The van der Waals surface area contributed by atoms with Gasteiger partial charge in [-0.2, -0.15) is 0 Å². The van der Waals surface area contributed by atoms with Crippen LogP contribution in [0.1, 0.15) is 16.7 Å². The molecule has 1 atom stereocenters. The van der Waals surface area contributed by atoms with E-state index in [9.17, 15) is 4.79 Å². The second kappa shape index (κ2) is 5.99. The molecule has 1 aliphatic rings. The van der Waals surface area contributed by atoms with Gasteiger partial charge in [0.05, 0.1) is 12.5 Å². The van der Waals surface area contributed by atoms with E-state index in [-0.39, 0.29) is 11.9 Å². The van der Waals surface area contributed by atoms with Crippen LogP contribution in [0.5, 0.6) is 0 Å². The predicted molar refractivity (Wildman–Crippen MR) is 83.2 cm³/mol. The summed E-state index contributed by atoms with van der Waals surface area (Å²) in [5, 5.41) is 2.02. The average Bonchev–Trinajstić information content (AvgIpc) is 3.11. The summed E-state index contributed by atoms with van der Waals surface area (Å²) < 4.78 is 2.04. The zero-order valence-electron chi connectivity index (χ0n) is 12.4. The Morgan fingerprint density at radius 2 is 2.29 bits per heavy atom. The highest BCUT2D eigenvalue weighted by Crippen LogP contribution is 2.23. The van der Waals surface area contributed by atoms with Crippen LogP contribution in [0.25, 0.3) is 0 Å². The fourth-order valence-corrected chi connectivity index (χ4v) is 3.45. The van der Waals surface area contributed by atoms with Gasteiger partial charge in [-0.15, -0.1) is 11.3 Å². The highest BCUT2D eigenvalue weighted by molar-refractivity contribution is 7.10. The predicted octanol–water partition coefficient (Wildman–Crippen LogP) is 1.54. The minimum Gasteiger partial charge on any atom is -0.339 e. The molecule has 1 amide bonds. The number of piperazine rings is 1. The maximum absolute atomic E-state index is 12.5. The molecule has 0 N–H and O–H groups in total. The average molecular weight is 304 g/mol. The van der Waals surface area contributed by atoms with Crippen molar-refractivity contribution in [2.45, 2.75) is 12.5 Å². The van der Waals surface area contributed by atoms with Gasteiger partial charge in [-0.25, -0.2) is 4.98 Å². The molecule has 0 bridgehead atoms. The van der Waals surface area contributed by atoms with E-state index in [0.29, 0.717) is 13.0 Å². The summed E-state index contributed by atoms with van der Waals surface area (Å²) in [7, 11) is 4.10. The first-order valence-corrected chi connectivity index (χ1v) is 8.00. The van der Waals surface area contributed by atoms with E-state index in [0.717, 1.165) is 23.8 Å². The van der Waals surface area contributed by atoms with E-state index < -0.39 is 0 Å². The standard InChI is InChI=1S/C15H20N4OS/c1-17-7-8-19(14(20)10-12-4-3-9-21-12)11-13(17)15-16-5-6-18(15)2/h3-6,9,13H,7-8,10-11H2,1-2H3/t13-/m0/s1. The molecule has 0 saturated carbocycles. The monoisotopic (exact) mass is 304 g/mol. The Hall–Kier alpha value is -1.66. The number of imidazole rings is 1. The summed E-state index contributed by atoms with van der Waals surface area (Å²) in [5.74, 6) is 1.23. The van der Waals surface area contributed by atoms with Crippen molar-refractivity contribution in [1.29, 1.82) is 0 Å². The number of likely N-dealkylation sites (N-methyl/N-ethyl adjacent to an activating group) is 1. The van der Waals surface area contributed by atoms with Crippen LogP contribution in [0.2, 0.25) is 0 Å². The topological polar surface area (TPSA) is 41.4 Å². The number of hydrogen-bond acceptors (Lipinski definition) is 4. The first kappa shape index (κ1) is 14.3. The Balaban J connectivity index is 1.70. The van der Waals surface area contributed by atoms with Crippen molar-refractivity contribution in [2.75, 3.05) is 26.7 Å². The molecule has 0 spiro atoms. The number of rotatable bonds is 3. The quantitative estimate of drug-likeness (QED) is 0.864. The number of hydrogen-bond donors (Lipinski definition) is 0. The molecule has 1 saturated heterocycles. The smallest absolute Gasteiger partial charge is 0.227 e. The van der Waals surface area contributed by atoms with Gasteiger partial charge in [-0.05, 0) is 18.5 Å². The number of thiophene rings is 1. The van der Waals surface area contributed by atoms with Crippen molar-refractivity contribution in [3.05, 3.63) is 40.6 Å². The molecule has 112 valence electrons. The minimum absolute atomic E-state index is 0.172. The molecule has 21 heavy (non-hydrogen) atoms. The molecule has 0 unspecified atom stereocenters. The molecule has 0 radical (unpaired) electrons. The third kappa shape index (κ3) is 3.01. The lowest BCUT2D eigenvalue weighted by molar-refractivity contribution is -0.133. The van der Waals surface area contributed by atoms with Crippen LogP contribution < -0.4 is 0 Å². The number of aryl methyl sites for hydroxylation is 1. The SMILES string of the molecule is CN1CCN(C(=O)Cc2cccs2)C[C@H]1c1nccn1C. The van der Waals surface area contributed by atoms with Gasteiger partial charge in [0.1, 0.15) is 5.82 Å². The molecule has 0 aromatic carbocycles. The Morgan fingerprint density at radius 1 is 1.43 bits per heavy atom. The van der Waals surface area contributed by atoms with Crippen molar-refractivity contribution in [2.24, 2.45) is 7.05 Å². The summed E-state index contributed by atoms with van der Waals surface area (Å²) in [6.07, 6.45) is 4.28. The third-order valence-corrected chi connectivity index (χ3v) is 4.94. The van der Waals surface area contributed by atoms with Crippen molar-refractivity contribution in [3.8, 4) is 0 Å². The van der Waals surface area contributed by atoms with E-state index in [2.05, 4.69) is 16.9 Å². The van der Waals surface area contributed by atoms with Gasteiger partial charge in [0.15, 0.2) is 0 Å². The summed E-state index contributed by atoms with van der Waals surface area (Å²) in [6, 6.07) is 4.19. The maximum atomic E-state index is 12.5. The summed E-state index contributed by atoms with van der Waals surface area (Å²) in [6.45, 7) is 2.39. The van der Waals surface area contributed by atoms with Crippen LogP contribution in [-0.2, 0) is 18.3 Å². The van der Waals surface area contributed by atoms with Gasteiger partial charge in [0.25, 0.3) is 0 Å². The molecular formula is C15H20N4OS. The fraction of sp³-hybridized carbons (Fsp3) is 0.467. The molecule has 0 aliphatic carbocycles. The maximum Gasteiger partial charge on any atom is 0.227 e. The van der Waals surface area contributed by atoms with Crippen LogP contribution in [0.4, 0.5) is 0 Å². The number of carbonyl (C=O) groups is 1. The Morgan fingerprint density at radius 3 is 2.95 bits per heavy atom.